The molecular weight excluding hydrogens is 301 g/mol. The molecule has 1 aliphatic rings. The molecule has 1 fully saturated rings. The number of carbonyl (C=O) groups is 2. The van der Waals surface area contributed by atoms with Crippen LogP contribution in [-0.4, -0.2) is 37.0 Å². The molecule has 0 aliphatic carbocycles. The number of esters is 1. The van der Waals surface area contributed by atoms with Gasteiger partial charge in [-0.3, -0.25) is 9.59 Å². The van der Waals surface area contributed by atoms with E-state index in [-0.39, 0.29) is 24.2 Å². The van der Waals surface area contributed by atoms with Crippen LogP contribution in [0.15, 0.2) is 18.2 Å². The summed E-state index contributed by atoms with van der Waals surface area (Å²) in [4.78, 5) is 24.9. The third kappa shape index (κ3) is 3.44. The monoisotopic (exact) mass is 315 g/mol. The number of nitrogens with zero attached hydrogens (tertiary/aromatic N) is 1. The number of amides is 1. The summed E-state index contributed by atoms with van der Waals surface area (Å²) >= 11 is 11.8. The predicted octanol–water partition coefficient (Wildman–Crippen LogP) is 2.56. The van der Waals surface area contributed by atoms with Gasteiger partial charge in [0, 0.05) is 19.5 Å². The van der Waals surface area contributed by atoms with E-state index >= 15 is 0 Å². The van der Waals surface area contributed by atoms with Crippen LogP contribution in [0.3, 0.4) is 0 Å². The summed E-state index contributed by atoms with van der Waals surface area (Å²) in [6.45, 7) is 0.983. The minimum absolute atomic E-state index is 0.0135. The largest absolute Gasteiger partial charge is 0.469 e. The number of carbonyl (C=O) groups excluding carboxylic acids is 2. The molecule has 108 valence electrons. The van der Waals surface area contributed by atoms with Crippen molar-refractivity contribution in [3.63, 3.8) is 0 Å². The van der Waals surface area contributed by atoms with Gasteiger partial charge >= 0.3 is 5.97 Å². The third-order valence-corrected chi connectivity index (χ3v) is 4.14. The lowest BCUT2D eigenvalue weighted by Crippen LogP contribution is -2.28. The maximum atomic E-state index is 11.8. The maximum absolute atomic E-state index is 11.8. The molecule has 0 spiro atoms. The number of benzene rings is 1. The summed E-state index contributed by atoms with van der Waals surface area (Å²) in [5.74, 6) is -0.683. The summed E-state index contributed by atoms with van der Waals surface area (Å²) < 4.78 is 4.67. The standard InChI is InChI=1S/C14H15Cl2NO3/c1-20-14(19)10-7-13(18)17(8-10)5-4-9-2-3-11(15)12(16)6-9/h2-3,6,10H,4-5,7-8H2,1H3. The molecule has 0 radical (unpaired) electrons. The topological polar surface area (TPSA) is 46.6 Å². The molecule has 1 saturated heterocycles. The molecule has 1 unspecified atom stereocenters. The van der Waals surface area contributed by atoms with Crippen molar-refractivity contribution < 1.29 is 14.3 Å². The van der Waals surface area contributed by atoms with Crippen LogP contribution in [-0.2, 0) is 20.7 Å². The highest BCUT2D eigenvalue weighted by Crippen LogP contribution is 2.24. The maximum Gasteiger partial charge on any atom is 0.310 e. The van der Waals surface area contributed by atoms with Gasteiger partial charge in [-0.15, -0.1) is 0 Å². The van der Waals surface area contributed by atoms with E-state index in [4.69, 9.17) is 23.2 Å². The lowest BCUT2D eigenvalue weighted by Gasteiger charge is -2.16. The van der Waals surface area contributed by atoms with E-state index in [0.717, 1.165) is 5.56 Å². The Bertz CT molecular complexity index is 533. The highest BCUT2D eigenvalue weighted by molar-refractivity contribution is 6.42. The minimum atomic E-state index is -0.346. The molecule has 1 atom stereocenters. The Labute approximate surface area is 127 Å². The number of ether oxygens (including phenoxy) is 1. The van der Waals surface area contributed by atoms with Gasteiger partial charge in [0.05, 0.1) is 23.1 Å². The van der Waals surface area contributed by atoms with Crippen molar-refractivity contribution in [3.05, 3.63) is 33.8 Å². The number of hydrogen-bond donors (Lipinski definition) is 0. The Morgan fingerprint density at radius 2 is 2.15 bits per heavy atom. The Balaban J connectivity index is 1.92. The SMILES string of the molecule is COC(=O)C1CC(=O)N(CCc2ccc(Cl)c(Cl)c2)C1. The van der Waals surface area contributed by atoms with Crippen LogP contribution in [0, 0.1) is 5.92 Å². The second-order valence-corrected chi connectivity index (χ2v) is 5.58. The molecule has 1 aromatic rings. The zero-order chi connectivity index (χ0) is 14.7. The Hall–Kier alpha value is -1.26. The van der Waals surface area contributed by atoms with E-state index in [2.05, 4.69) is 4.74 Å². The van der Waals surface area contributed by atoms with Crippen molar-refractivity contribution in [2.24, 2.45) is 5.92 Å². The lowest BCUT2D eigenvalue weighted by atomic mass is 10.1. The van der Waals surface area contributed by atoms with Gasteiger partial charge in [-0.2, -0.15) is 0 Å². The van der Waals surface area contributed by atoms with Crippen LogP contribution in [0.5, 0.6) is 0 Å². The van der Waals surface area contributed by atoms with E-state index in [1.165, 1.54) is 7.11 Å². The molecule has 2 rings (SSSR count). The number of hydrogen-bond acceptors (Lipinski definition) is 3. The van der Waals surface area contributed by atoms with Crippen LogP contribution >= 0.6 is 23.2 Å². The highest BCUT2D eigenvalue weighted by Gasteiger charge is 2.34. The zero-order valence-electron chi connectivity index (χ0n) is 11.1. The van der Waals surface area contributed by atoms with Gasteiger partial charge in [-0.1, -0.05) is 29.3 Å². The van der Waals surface area contributed by atoms with Crippen LogP contribution in [0.2, 0.25) is 10.0 Å². The van der Waals surface area contributed by atoms with Gasteiger partial charge in [0.15, 0.2) is 0 Å². The van der Waals surface area contributed by atoms with Crippen molar-refractivity contribution in [2.45, 2.75) is 12.8 Å². The van der Waals surface area contributed by atoms with E-state index in [9.17, 15) is 9.59 Å². The summed E-state index contributed by atoms with van der Waals surface area (Å²) in [7, 11) is 1.34. The first-order chi connectivity index (χ1) is 9.51. The Kier molecular flexibility index (Phi) is 4.89. The smallest absolute Gasteiger partial charge is 0.310 e. The molecule has 20 heavy (non-hydrogen) atoms. The molecule has 6 heteroatoms. The normalized spacial score (nSPS) is 18.4. The average Bonchev–Trinajstić information content (AvgIpc) is 2.80. The molecule has 4 nitrogen and oxygen atoms in total. The Morgan fingerprint density at radius 3 is 2.80 bits per heavy atom. The van der Waals surface area contributed by atoms with Crippen molar-refractivity contribution in [1.82, 2.24) is 4.90 Å². The molecule has 0 aromatic heterocycles. The molecule has 0 N–H and O–H groups in total. The number of halogens is 2. The van der Waals surface area contributed by atoms with Crippen LogP contribution < -0.4 is 0 Å². The van der Waals surface area contributed by atoms with Gasteiger partial charge in [-0.25, -0.2) is 0 Å². The van der Waals surface area contributed by atoms with Gasteiger partial charge in [0.2, 0.25) is 5.91 Å². The molecular formula is C14H15Cl2NO3. The van der Waals surface area contributed by atoms with Gasteiger partial charge < -0.3 is 9.64 Å². The minimum Gasteiger partial charge on any atom is -0.469 e. The first kappa shape index (κ1) is 15.1. The van der Waals surface area contributed by atoms with Crippen molar-refractivity contribution in [3.8, 4) is 0 Å². The summed E-state index contributed by atoms with van der Waals surface area (Å²) in [6.07, 6.45) is 0.907. The van der Waals surface area contributed by atoms with Crippen LogP contribution in [0.25, 0.3) is 0 Å². The first-order valence-electron chi connectivity index (χ1n) is 6.30. The molecule has 0 bridgehead atoms. The Morgan fingerprint density at radius 1 is 1.40 bits per heavy atom. The highest BCUT2D eigenvalue weighted by atomic mass is 35.5. The quantitative estimate of drug-likeness (QED) is 0.802. The molecule has 1 heterocycles. The van der Waals surface area contributed by atoms with Crippen LogP contribution in [0.1, 0.15) is 12.0 Å². The van der Waals surface area contributed by atoms with Crippen molar-refractivity contribution in [2.75, 3.05) is 20.2 Å². The average molecular weight is 316 g/mol. The van der Waals surface area contributed by atoms with Gasteiger partial charge in [0.1, 0.15) is 0 Å². The lowest BCUT2D eigenvalue weighted by molar-refractivity contribution is -0.145. The van der Waals surface area contributed by atoms with Crippen LogP contribution in [0.4, 0.5) is 0 Å². The fourth-order valence-corrected chi connectivity index (χ4v) is 2.59. The summed E-state index contributed by atoms with van der Waals surface area (Å²) in [5.41, 5.74) is 1.01. The second-order valence-electron chi connectivity index (χ2n) is 4.76. The molecule has 1 amide bonds. The summed E-state index contributed by atoms with van der Waals surface area (Å²) in [5, 5.41) is 1.02. The molecule has 1 aliphatic heterocycles. The third-order valence-electron chi connectivity index (χ3n) is 3.40. The number of likely N-dealkylation sites (tertiary alicyclic amines) is 1. The molecule has 1 aromatic carbocycles. The predicted molar refractivity (Wildman–Crippen MR) is 76.9 cm³/mol. The fraction of sp³-hybridized carbons (Fsp3) is 0.429. The number of methoxy groups -OCH3 is 1. The van der Waals surface area contributed by atoms with E-state index in [1.807, 2.05) is 6.07 Å². The van der Waals surface area contributed by atoms with E-state index < -0.39 is 0 Å². The number of rotatable bonds is 4. The van der Waals surface area contributed by atoms with E-state index in [1.54, 1.807) is 17.0 Å². The van der Waals surface area contributed by atoms with Crippen molar-refractivity contribution >= 4 is 35.1 Å². The second kappa shape index (κ2) is 6.46. The molecule has 0 saturated carbocycles. The van der Waals surface area contributed by atoms with E-state index in [0.29, 0.717) is 29.6 Å². The van der Waals surface area contributed by atoms with Crippen molar-refractivity contribution in [1.29, 1.82) is 0 Å². The zero-order valence-corrected chi connectivity index (χ0v) is 12.6. The first-order valence-corrected chi connectivity index (χ1v) is 7.06. The fourth-order valence-electron chi connectivity index (χ4n) is 2.27. The summed E-state index contributed by atoms with van der Waals surface area (Å²) in [6, 6.07) is 5.41. The van der Waals surface area contributed by atoms with Gasteiger partial charge in [0.25, 0.3) is 0 Å². The van der Waals surface area contributed by atoms with Gasteiger partial charge in [-0.05, 0) is 24.1 Å².